The first-order chi connectivity index (χ1) is 14.2. The molecule has 1 aliphatic heterocycles. The number of amides is 2. The van der Waals surface area contributed by atoms with Crippen molar-refractivity contribution in [3.8, 4) is 0 Å². The molecule has 0 spiro atoms. The molecule has 1 saturated heterocycles. The summed E-state index contributed by atoms with van der Waals surface area (Å²) in [5.41, 5.74) is 0.608. The normalized spacial score (nSPS) is 20.2. The first kappa shape index (κ1) is 23.1. The summed E-state index contributed by atoms with van der Waals surface area (Å²) in [5.74, 6) is -3.31. The number of nitrogens with one attached hydrogen (secondary N) is 1. The molecule has 2 aliphatic rings. The van der Waals surface area contributed by atoms with Crippen molar-refractivity contribution in [2.45, 2.75) is 44.6 Å². The van der Waals surface area contributed by atoms with Gasteiger partial charge in [0.05, 0.1) is 6.54 Å². The highest BCUT2D eigenvalue weighted by atomic mass is 79.9. The molecule has 1 saturated carbocycles. The summed E-state index contributed by atoms with van der Waals surface area (Å²) in [6, 6.07) is 4.85. The Morgan fingerprint density at radius 2 is 1.80 bits per heavy atom. The van der Waals surface area contributed by atoms with Crippen molar-refractivity contribution in [2.24, 2.45) is 5.92 Å². The molecule has 166 valence electrons. The van der Waals surface area contributed by atoms with Crippen molar-refractivity contribution in [1.29, 1.82) is 0 Å². The van der Waals surface area contributed by atoms with Crippen LogP contribution in [0.1, 0.15) is 37.7 Å². The van der Waals surface area contributed by atoms with Crippen LogP contribution in [0, 0.1) is 11.7 Å². The summed E-state index contributed by atoms with van der Waals surface area (Å²) in [6.45, 7) is 2.68. The third-order valence-corrected chi connectivity index (χ3v) is 6.37. The van der Waals surface area contributed by atoms with Crippen LogP contribution in [-0.2, 0) is 16.1 Å². The van der Waals surface area contributed by atoms with Crippen molar-refractivity contribution >= 4 is 27.7 Å². The number of carbonyl (C=O) groups is 2. The van der Waals surface area contributed by atoms with E-state index in [1.807, 2.05) is 0 Å². The lowest BCUT2D eigenvalue weighted by atomic mass is 9.84. The summed E-state index contributed by atoms with van der Waals surface area (Å²) in [6.07, 6.45) is 0.537. The van der Waals surface area contributed by atoms with E-state index < -0.39 is 5.92 Å². The molecule has 0 bridgehead atoms. The van der Waals surface area contributed by atoms with Gasteiger partial charge in [0.2, 0.25) is 17.7 Å². The highest BCUT2D eigenvalue weighted by Gasteiger charge is 2.35. The molecule has 0 radical (unpaired) electrons. The molecule has 2 fully saturated rings. The Kier molecular flexibility index (Phi) is 7.79. The van der Waals surface area contributed by atoms with Gasteiger partial charge in [0.25, 0.3) is 0 Å². The van der Waals surface area contributed by atoms with Crippen LogP contribution in [0.5, 0.6) is 0 Å². The molecule has 5 nitrogen and oxygen atoms in total. The Labute approximate surface area is 183 Å². The number of hydrogen-bond acceptors (Lipinski definition) is 3. The monoisotopic (exact) mass is 489 g/mol. The van der Waals surface area contributed by atoms with Crippen LogP contribution < -0.4 is 5.32 Å². The number of alkyl halides is 2. The Bertz CT molecular complexity index is 760. The smallest absolute Gasteiger partial charge is 0.248 e. The van der Waals surface area contributed by atoms with E-state index in [0.717, 1.165) is 4.47 Å². The third-order valence-electron chi connectivity index (χ3n) is 5.87. The zero-order chi connectivity index (χ0) is 21.7. The van der Waals surface area contributed by atoms with Crippen molar-refractivity contribution in [3.05, 3.63) is 34.1 Å². The lowest BCUT2D eigenvalue weighted by Gasteiger charge is -2.35. The van der Waals surface area contributed by atoms with Gasteiger partial charge in [-0.1, -0.05) is 15.9 Å². The average molecular weight is 490 g/mol. The molecule has 2 amide bonds. The lowest BCUT2D eigenvalue weighted by Crippen LogP contribution is -2.51. The van der Waals surface area contributed by atoms with Crippen LogP contribution in [-0.4, -0.2) is 60.3 Å². The quantitative estimate of drug-likeness (QED) is 0.664. The second kappa shape index (κ2) is 10.1. The van der Waals surface area contributed by atoms with Gasteiger partial charge in [0.15, 0.2) is 0 Å². The number of rotatable bonds is 6. The average Bonchev–Trinajstić information content (AvgIpc) is 2.71. The standard InChI is InChI=1S/C21H27BrF3N3O2/c22-17-1-2-18(23)16(12-17)14-27-7-9-28(10-8-27)20(30)13-26-19(29)11-15-3-5-21(24,25)6-4-15/h1-2,12,15H,3-11,13-14H2,(H,26,29). The number of benzene rings is 1. The molecule has 0 atom stereocenters. The van der Waals surface area contributed by atoms with Crippen LogP contribution in [0.2, 0.25) is 0 Å². The molecule has 0 unspecified atom stereocenters. The predicted octanol–water partition coefficient (Wildman–Crippen LogP) is 3.56. The minimum atomic E-state index is -2.60. The molecule has 1 aromatic rings. The first-order valence-electron chi connectivity index (χ1n) is 10.3. The number of nitrogens with zero attached hydrogens (tertiary/aromatic N) is 2. The van der Waals surface area contributed by atoms with E-state index in [1.54, 1.807) is 17.0 Å². The maximum absolute atomic E-state index is 13.9. The maximum atomic E-state index is 13.9. The molecule has 30 heavy (non-hydrogen) atoms. The van der Waals surface area contributed by atoms with E-state index in [9.17, 15) is 22.8 Å². The number of hydrogen-bond donors (Lipinski definition) is 1. The molecular formula is C21H27BrF3N3O2. The topological polar surface area (TPSA) is 52.7 Å². The van der Waals surface area contributed by atoms with E-state index in [1.165, 1.54) is 6.07 Å². The van der Waals surface area contributed by atoms with E-state index >= 15 is 0 Å². The largest absolute Gasteiger partial charge is 0.347 e. The van der Waals surface area contributed by atoms with E-state index in [-0.39, 0.29) is 49.4 Å². The SMILES string of the molecule is O=C(CC1CCC(F)(F)CC1)NCC(=O)N1CCN(Cc2cc(Br)ccc2F)CC1. The molecule has 0 aromatic heterocycles. The minimum absolute atomic E-state index is 0.0401. The Morgan fingerprint density at radius 1 is 1.13 bits per heavy atom. The van der Waals surface area contributed by atoms with Crippen LogP contribution in [0.15, 0.2) is 22.7 Å². The molecule has 1 heterocycles. The lowest BCUT2D eigenvalue weighted by molar-refractivity contribution is -0.134. The van der Waals surface area contributed by atoms with Gasteiger partial charge in [-0.15, -0.1) is 0 Å². The third kappa shape index (κ3) is 6.70. The van der Waals surface area contributed by atoms with Gasteiger partial charge >= 0.3 is 0 Å². The van der Waals surface area contributed by atoms with Gasteiger partial charge in [-0.3, -0.25) is 14.5 Å². The second-order valence-electron chi connectivity index (χ2n) is 8.17. The number of carbonyl (C=O) groups excluding carboxylic acids is 2. The summed E-state index contributed by atoms with van der Waals surface area (Å²) in [7, 11) is 0. The van der Waals surface area contributed by atoms with Crippen molar-refractivity contribution in [1.82, 2.24) is 15.1 Å². The minimum Gasteiger partial charge on any atom is -0.347 e. The van der Waals surface area contributed by atoms with E-state index in [4.69, 9.17) is 0 Å². The Balaban J connectivity index is 1.36. The highest BCUT2D eigenvalue weighted by Crippen LogP contribution is 2.37. The van der Waals surface area contributed by atoms with Gasteiger partial charge in [0, 0.05) is 62.0 Å². The first-order valence-corrected chi connectivity index (χ1v) is 11.1. The highest BCUT2D eigenvalue weighted by molar-refractivity contribution is 9.10. The van der Waals surface area contributed by atoms with Gasteiger partial charge in [-0.05, 0) is 37.0 Å². The van der Waals surface area contributed by atoms with Gasteiger partial charge in [-0.2, -0.15) is 0 Å². The van der Waals surface area contributed by atoms with Gasteiger partial charge < -0.3 is 10.2 Å². The second-order valence-corrected chi connectivity index (χ2v) is 9.09. The summed E-state index contributed by atoms with van der Waals surface area (Å²) < 4.78 is 41.1. The summed E-state index contributed by atoms with van der Waals surface area (Å²) >= 11 is 3.35. The van der Waals surface area contributed by atoms with Crippen LogP contribution >= 0.6 is 15.9 Å². The maximum Gasteiger partial charge on any atom is 0.248 e. The van der Waals surface area contributed by atoms with Gasteiger partial charge in [-0.25, -0.2) is 13.2 Å². The molecule has 1 aliphatic carbocycles. The molecule has 1 aromatic carbocycles. The zero-order valence-electron chi connectivity index (χ0n) is 16.8. The van der Waals surface area contributed by atoms with Crippen molar-refractivity contribution in [2.75, 3.05) is 32.7 Å². The van der Waals surface area contributed by atoms with E-state index in [0.29, 0.717) is 51.1 Å². The fourth-order valence-electron chi connectivity index (χ4n) is 3.99. The number of halogens is 4. The van der Waals surface area contributed by atoms with Crippen LogP contribution in [0.25, 0.3) is 0 Å². The van der Waals surface area contributed by atoms with Crippen LogP contribution in [0.4, 0.5) is 13.2 Å². The number of piperazine rings is 1. The Hall–Kier alpha value is -1.61. The molecule has 1 N–H and O–H groups in total. The summed E-state index contributed by atoms with van der Waals surface area (Å²) in [4.78, 5) is 28.2. The fourth-order valence-corrected chi connectivity index (χ4v) is 4.39. The molecular weight excluding hydrogens is 463 g/mol. The van der Waals surface area contributed by atoms with Crippen molar-refractivity contribution < 1.29 is 22.8 Å². The van der Waals surface area contributed by atoms with Crippen molar-refractivity contribution in [3.63, 3.8) is 0 Å². The fraction of sp³-hybridized carbons (Fsp3) is 0.619. The van der Waals surface area contributed by atoms with E-state index in [2.05, 4.69) is 26.1 Å². The molecule has 9 heteroatoms. The zero-order valence-corrected chi connectivity index (χ0v) is 18.4. The van der Waals surface area contributed by atoms with Crippen LogP contribution in [0.3, 0.4) is 0 Å². The Morgan fingerprint density at radius 3 is 2.47 bits per heavy atom. The summed E-state index contributed by atoms with van der Waals surface area (Å²) in [5, 5.41) is 2.63. The predicted molar refractivity (Wildman–Crippen MR) is 110 cm³/mol. The molecule has 3 rings (SSSR count). The van der Waals surface area contributed by atoms with Gasteiger partial charge in [0.1, 0.15) is 5.82 Å².